The first kappa shape index (κ1) is 14.4. The highest BCUT2D eigenvalue weighted by atomic mass is 35.5. The molecule has 0 fully saturated rings. The highest BCUT2D eigenvalue weighted by molar-refractivity contribution is 7.09. The van der Waals surface area contributed by atoms with E-state index in [0.717, 1.165) is 22.9 Å². The van der Waals surface area contributed by atoms with Gasteiger partial charge in [0.2, 0.25) is 0 Å². The zero-order chi connectivity index (χ0) is 13.7. The summed E-state index contributed by atoms with van der Waals surface area (Å²) in [5, 5.41) is 3.08. The minimum Gasteiger partial charge on any atom is -0.493 e. The predicted octanol–water partition coefficient (Wildman–Crippen LogP) is 4.63. The fourth-order valence-corrected chi connectivity index (χ4v) is 2.74. The normalized spacial score (nSPS) is 10.9. The number of alkyl halides is 1. The molecule has 0 saturated heterocycles. The standard InChI is InChI=1S/C15H18ClNOS/c1-11(2)12-3-5-14(6-4-12)18-8-7-15-17-13(9-16)10-19-15/h3-6,10-11H,7-9H2,1-2H3. The summed E-state index contributed by atoms with van der Waals surface area (Å²) >= 11 is 7.36. The molecule has 1 heterocycles. The second-order valence-electron chi connectivity index (χ2n) is 4.69. The molecule has 0 aliphatic rings. The summed E-state index contributed by atoms with van der Waals surface area (Å²) in [7, 11) is 0. The summed E-state index contributed by atoms with van der Waals surface area (Å²) in [6.45, 7) is 5.02. The molecule has 0 spiro atoms. The number of aromatic nitrogens is 1. The van der Waals surface area contributed by atoms with Crippen molar-refractivity contribution < 1.29 is 4.74 Å². The Bertz CT molecular complexity index is 507. The fraction of sp³-hybridized carbons (Fsp3) is 0.400. The van der Waals surface area contributed by atoms with E-state index in [9.17, 15) is 0 Å². The molecule has 0 atom stereocenters. The molecule has 2 aromatic rings. The summed E-state index contributed by atoms with van der Waals surface area (Å²) in [4.78, 5) is 4.40. The van der Waals surface area contributed by atoms with Gasteiger partial charge in [0.05, 0.1) is 23.2 Å². The number of hydrogen-bond donors (Lipinski definition) is 0. The van der Waals surface area contributed by atoms with Crippen molar-refractivity contribution in [3.05, 3.63) is 45.9 Å². The quantitative estimate of drug-likeness (QED) is 0.725. The molecule has 1 aromatic heterocycles. The van der Waals surface area contributed by atoms with Gasteiger partial charge in [0, 0.05) is 11.8 Å². The van der Waals surface area contributed by atoms with E-state index in [1.165, 1.54) is 5.56 Å². The van der Waals surface area contributed by atoms with Crippen LogP contribution in [-0.2, 0) is 12.3 Å². The Morgan fingerprint density at radius 2 is 2.00 bits per heavy atom. The summed E-state index contributed by atoms with van der Waals surface area (Å²) in [5.74, 6) is 1.95. The molecule has 4 heteroatoms. The molecule has 0 unspecified atom stereocenters. The lowest BCUT2D eigenvalue weighted by atomic mass is 10.0. The maximum atomic E-state index is 5.72. The zero-order valence-electron chi connectivity index (χ0n) is 11.2. The summed E-state index contributed by atoms with van der Waals surface area (Å²) in [6.07, 6.45) is 0.827. The van der Waals surface area contributed by atoms with Crippen molar-refractivity contribution in [2.75, 3.05) is 6.61 Å². The summed E-state index contributed by atoms with van der Waals surface area (Å²) < 4.78 is 5.72. The van der Waals surface area contributed by atoms with Gasteiger partial charge >= 0.3 is 0 Å². The molecule has 1 aromatic carbocycles. The van der Waals surface area contributed by atoms with Crippen LogP contribution in [0.15, 0.2) is 29.6 Å². The number of hydrogen-bond acceptors (Lipinski definition) is 3. The first-order valence-corrected chi connectivity index (χ1v) is 7.82. The summed E-state index contributed by atoms with van der Waals surface area (Å²) in [5.41, 5.74) is 2.28. The topological polar surface area (TPSA) is 22.1 Å². The van der Waals surface area contributed by atoms with Gasteiger partial charge in [-0.3, -0.25) is 0 Å². The van der Waals surface area contributed by atoms with E-state index in [1.54, 1.807) is 11.3 Å². The lowest BCUT2D eigenvalue weighted by Gasteiger charge is -2.08. The van der Waals surface area contributed by atoms with Crippen LogP contribution in [0.3, 0.4) is 0 Å². The van der Waals surface area contributed by atoms with Crippen LogP contribution in [-0.4, -0.2) is 11.6 Å². The minimum absolute atomic E-state index is 0.480. The van der Waals surface area contributed by atoms with Crippen LogP contribution in [0, 0.1) is 0 Å². The molecule has 0 radical (unpaired) electrons. The molecule has 2 rings (SSSR count). The van der Waals surface area contributed by atoms with Crippen LogP contribution in [0.5, 0.6) is 5.75 Å². The van der Waals surface area contributed by atoms with Crippen molar-refractivity contribution in [2.24, 2.45) is 0 Å². The van der Waals surface area contributed by atoms with Crippen LogP contribution in [0.4, 0.5) is 0 Å². The van der Waals surface area contributed by atoms with Crippen molar-refractivity contribution in [1.82, 2.24) is 4.98 Å². The second kappa shape index (κ2) is 6.92. The van der Waals surface area contributed by atoms with E-state index >= 15 is 0 Å². The van der Waals surface area contributed by atoms with E-state index in [1.807, 2.05) is 17.5 Å². The Balaban J connectivity index is 1.82. The molecule has 0 bridgehead atoms. The number of halogens is 1. The zero-order valence-corrected chi connectivity index (χ0v) is 12.8. The van der Waals surface area contributed by atoms with E-state index in [2.05, 4.69) is 31.0 Å². The van der Waals surface area contributed by atoms with Gasteiger partial charge in [-0.15, -0.1) is 22.9 Å². The van der Waals surface area contributed by atoms with Gasteiger partial charge in [0.15, 0.2) is 0 Å². The molecule has 0 N–H and O–H groups in total. The van der Waals surface area contributed by atoms with Crippen molar-refractivity contribution in [3.63, 3.8) is 0 Å². The Kier molecular flexibility index (Phi) is 5.23. The monoisotopic (exact) mass is 295 g/mol. The van der Waals surface area contributed by atoms with Crippen molar-refractivity contribution in [3.8, 4) is 5.75 Å². The molecular formula is C15H18ClNOS. The molecule has 0 aliphatic heterocycles. The molecule has 2 nitrogen and oxygen atoms in total. The van der Waals surface area contributed by atoms with E-state index in [-0.39, 0.29) is 0 Å². The Hall–Kier alpha value is -1.06. The van der Waals surface area contributed by atoms with E-state index < -0.39 is 0 Å². The molecule has 19 heavy (non-hydrogen) atoms. The Morgan fingerprint density at radius 3 is 2.58 bits per heavy atom. The number of rotatable bonds is 6. The van der Waals surface area contributed by atoms with Crippen molar-refractivity contribution >= 4 is 22.9 Å². The molecular weight excluding hydrogens is 278 g/mol. The third-order valence-electron chi connectivity index (χ3n) is 2.87. The maximum absolute atomic E-state index is 5.72. The number of benzene rings is 1. The van der Waals surface area contributed by atoms with E-state index in [4.69, 9.17) is 16.3 Å². The number of ether oxygens (including phenoxy) is 1. The third-order valence-corrected chi connectivity index (χ3v) is 4.10. The Labute approximate surface area is 123 Å². The average Bonchev–Trinajstić information content (AvgIpc) is 2.87. The van der Waals surface area contributed by atoms with Crippen LogP contribution in [0.2, 0.25) is 0 Å². The van der Waals surface area contributed by atoms with Crippen LogP contribution < -0.4 is 4.74 Å². The summed E-state index contributed by atoms with van der Waals surface area (Å²) in [6, 6.07) is 8.30. The third kappa shape index (κ3) is 4.22. The van der Waals surface area contributed by atoms with Gasteiger partial charge in [-0.2, -0.15) is 0 Å². The number of nitrogens with zero attached hydrogens (tertiary/aromatic N) is 1. The van der Waals surface area contributed by atoms with Gasteiger partial charge in [-0.05, 0) is 23.6 Å². The van der Waals surface area contributed by atoms with Gasteiger partial charge < -0.3 is 4.74 Å². The van der Waals surface area contributed by atoms with Gasteiger partial charge in [-0.25, -0.2) is 4.98 Å². The largest absolute Gasteiger partial charge is 0.493 e. The van der Waals surface area contributed by atoms with Crippen molar-refractivity contribution in [1.29, 1.82) is 0 Å². The molecule has 102 valence electrons. The minimum atomic E-state index is 0.480. The predicted molar refractivity (Wildman–Crippen MR) is 81.4 cm³/mol. The first-order chi connectivity index (χ1) is 9.19. The van der Waals surface area contributed by atoms with Gasteiger partial charge in [0.25, 0.3) is 0 Å². The highest BCUT2D eigenvalue weighted by Gasteiger charge is 2.02. The smallest absolute Gasteiger partial charge is 0.119 e. The molecule has 0 aliphatic carbocycles. The SMILES string of the molecule is CC(C)c1ccc(OCCc2nc(CCl)cs2)cc1. The fourth-order valence-electron chi connectivity index (χ4n) is 1.73. The Morgan fingerprint density at radius 1 is 1.26 bits per heavy atom. The molecule has 0 amide bonds. The maximum Gasteiger partial charge on any atom is 0.119 e. The lowest BCUT2D eigenvalue weighted by molar-refractivity contribution is 0.321. The van der Waals surface area contributed by atoms with Crippen LogP contribution >= 0.6 is 22.9 Å². The van der Waals surface area contributed by atoms with Crippen LogP contribution in [0.25, 0.3) is 0 Å². The van der Waals surface area contributed by atoms with Crippen LogP contribution in [0.1, 0.15) is 36.0 Å². The average molecular weight is 296 g/mol. The van der Waals surface area contributed by atoms with Gasteiger partial charge in [0.1, 0.15) is 5.75 Å². The molecule has 0 saturated carbocycles. The lowest BCUT2D eigenvalue weighted by Crippen LogP contribution is -2.01. The highest BCUT2D eigenvalue weighted by Crippen LogP contribution is 2.19. The first-order valence-electron chi connectivity index (χ1n) is 6.41. The second-order valence-corrected chi connectivity index (χ2v) is 5.90. The number of thiazole rings is 1. The van der Waals surface area contributed by atoms with E-state index in [0.29, 0.717) is 18.4 Å². The van der Waals surface area contributed by atoms with Crippen molar-refractivity contribution in [2.45, 2.75) is 32.1 Å². The van der Waals surface area contributed by atoms with Gasteiger partial charge in [-0.1, -0.05) is 26.0 Å².